The quantitative estimate of drug-likeness (QED) is 0.0522. The maximum atomic E-state index is 7.46. The first-order valence-corrected chi connectivity index (χ1v) is 25.8. The molecule has 0 spiro atoms. The average molecular weight is 931 g/mol. The molecule has 7 atom stereocenters. The Labute approximate surface area is 404 Å². The molecule has 1 fully saturated rings. The molecule has 6 aromatic rings. The van der Waals surface area contributed by atoms with Crippen molar-refractivity contribution >= 4 is 18.7 Å². The Morgan fingerprint density at radius 2 is 1.12 bits per heavy atom. The Balaban J connectivity index is 1.08. The summed E-state index contributed by atoms with van der Waals surface area (Å²) in [7, 11) is -1.21. The number of hydrogen-bond acceptors (Lipinski definition) is 8. The Morgan fingerprint density at radius 3 is 1.66 bits per heavy atom. The molecule has 8 rings (SSSR count). The fourth-order valence-electron chi connectivity index (χ4n) is 9.24. The van der Waals surface area contributed by atoms with Gasteiger partial charge in [0.15, 0.2) is 0 Å². The zero-order valence-corrected chi connectivity index (χ0v) is 40.8. The van der Waals surface area contributed by atoms with Crippen LogP contribution in [-0.2, 0) is 59.3 Å². The van der Waals surface area contributed by atoms with E-state index in [1.165, 1.54) is 10.4 Å². The minimum Gasteiger partial charge on any atom is -0.497 e. The van der Waals surface area contributed by atoms with Gasteiger partial charge in [-0.25, -0.2) is 0 Å². The van der Waals surface area contributed by atoms with E-state index in [-0.39, 0.29) is 11.1 Å². The summed E-state index contributed by atoms with van der Waals surface area (Å²) in [5.41, 5.74) is 4.25. The van der Waals surface area contributed by atoms with Gasteiger partial charge in [0.2, 0.25) is 0 Å². The summed E-state index contributed by atoms with van der Waals surface area (Å²) in [5, 5.41) is 2.22. The van der Waals surface area contributed by atoms with E-state index in [2.05, 4.69) is 142 Å². The first kappa shape index (κ1) is 49.0. The molecular formula is C59H66O8Si. The molecule has 68 heavy (non-hydrogen) atoms. The lowest BCUT2D eigenvalue weighted by Crippen LogP contribution is -2.67. The summed E-state index contributed by atoms with van der Waals surface area (Å²) in [6.45, 7) is 9.14. The largest absolute Gasteiger partial charge is 0.497 e. The van der Waals surface area contributed by atoms with Gasteiger partial charge >= 0.3 is 0 Å². The molecule has 0 saturated carbocycles. The molecule has 0 aliphatic carbocycles. The van der Waals surface area contributed by atoms with Crippen LogP contribution in [0.4, 0.5) is 0 Å². The van der Waals surface area contributed by atoms with Gasteiger partial charge in [0.05, 0.1) is 65.1 Å². The van der Waals surface area contributed by atoms with Crippen molar-refractivity contribution in [2.24, 2.45) is 0 Å². The van der Waals surface area contributed by atoms with Crippen LogP contribution in [0.5, 0.6) is 5.75 Å². The highest BCUT2D eigenvalue weighted by molar-refractivity contribution is 6.99. The normalized spacial score (nSPS) is 21.2. The molecule has 0 radical (unpaired) electrons. The zero-order chi connectivity index (χ0) is 47.0. The average Bonchev–Trinajstić information content (AvgIpc) is 3.59. The molecule has 0 unspecified atom stereocenters. The molecular weight excluding hydrogens is 865 g/mol. The van der Waals surface area contributed by atoms with Crippen LogP contribution in [0.1, 0.15) is 49.4 Å². The second-order valence-electron chi connectivity index (χ2n) is 18.5. The van der Waals surface area contributed by atoms with Crippen LogP contribution < -0.4 is 15.1 Å². The van der Waals surface area contributed by atoms with Gasteiger partial charge in [0.25, 0.3) is 8.32 Å². The van der Waals surface area contributed by atoms with E-state index in [0.717, 1.165) is 28.0 Å². The molecule has 2 aliphatic heterocycles. The summed E-state index contributed by atoms with van der Waals surface area (Å²) < 4.78 is 54.1. The Hall–Kier alpha value is -5.46. The molecule has 9 heteroatoms. The molecule has 2 heterocycles. The van der Waals surface area contributed by atoms with Crippen LogP contribution in [0.2, 0.25) is 5.04 Å². The van der Waals surface area contributed by atoms with E-state index in [1.54, 1.807) is 7.11 Å². The van der Waals surface area contributed by atoms with E-state index < -0.39 is 44.9 Å². The molecule has 0 bridgehead atoms. The van der Waals surface area contributed by atoms with Gasteiger partial charge in [0, 0.05) is 0 Å². The minimum atomic E-state index is -2.89. The highest BCUT2D eigenvalue weighted by Gasteiger charge is 2.51. The monoisotopic (exact) mass is 930 g/mol. The zero-order valence-electron chi connectivity index (χ0n) is 39.8. The molecule has 2 aliphatic rings. The number of rotatable bonds is 21. The summed E-state index contributed by atoms with van der Waals surface area (Å²) >= 11 is 0. The smallest absolute Gasteiger partial charge is 0.261 e. The van der Waals surface area contributed by atoms with Crippen molar-refractivity contribution in [2.45, 2.75) is 101 Å². The van der Waals surface area contributed by atoms with Gasteiger partial charge in [0.1, 0.15) is 30.2 Å². The van der Waals surface area contributed by atoms with Crippen molar-refractivity contribution in [1.82, 2.24) is 0 Å². The van der Waals surface area contributed by atoms with Crippen molar-refractivity contribution in [2.75, 3.05) is 20.3 Å². The van der Waals surface area contributed by atoms with Gasteiger partial charge in [-0.3, -0.25) is 0 Å². The number of methoxy groups -OCH3 is 1. The van der Waals surface area contributed by atoms with Crippen molar-refractivity contribution in [3.05, 3.63) is 222 Å². The third-order valence-corrected chi connectivity index (χ3v) is 17.7. The highest BCUT2D eigenvalue weighted by Crippen LogP contribution is 2.38. The summed E-state index contributed by atoms with van der Waals surface area (Å²) in [6, 6.07) is 60.1. The molecule has 0 N–H and O–H groups in total. The van der Waals surface area contributed by atoms with Crippen LogP contribution in [0.25, 0.3) is 0 Å². The van der Waals surface area contributed by atoms with Gasteiger partial charge in [-0.15, -0.1) is 0 Å². The van der Waals surface area contributed by atoms with Gasteiger partial charge in [-0.2, -0.15) is 0 Å². The van der Waals surface area contributed by atoms with Crippen molar-refractivity contribution in [3.8, 4) is 5.75 Å². The summed E-state index contributed by atoms with van der Waals surface area (Å²) in [4.78, 5) is 0. The third kappa shape index (κ3) is 12.8. The van der Waals surface area contributed by atoms with Crippen LogP contribution in [0.3, 0.4) is 0 Å². The molecule has 0 amide bonds. The van der Waals surface area contributed by atoms with Crippen LogP contribution >= 0.6 is 0 Å². The number of benzene rings is 6. The van der Waals surface area contributed by atoms with Crippen LogP contribution in [0.15, 0.2) is 200 Å². The van der Waals surface area contributed by atoms with E-state index in [0.29, 0.717) is 46.1 Å². The fraction of sp³-hybridized carbons (Fsp3) is 0.322. The lowest BCUT2D eigenvalue weighted by atomic mass is 9.92. The summed E-state index contributed by atoms with van der Waals surface area (Å²) in [6.07, 6.45) is 6.07. The molecule has 0 aromatic heterocycles. The topological polar surface area (TPSA) is 73.8 Å². The van der Waals surface area contributed by atoms with Crippen molar-refractivity contribution < 1.29 is 37.6 Å². The lowest BCUT2D eigenvalue weighted by Gasteiger charge is -2.46. The first-order chi connectivity index (χ1) is 33.3. The predicted octanol–water partition coefficient (Wildman–Crippen LogP) is 10.6. The van der Waals surface area contributed by atoms with E-state index in [4.69, 9.17) is 37.6 Å². The number of ether oxygens (including phenoxy) is 7. The second-order valence-corrected chi connectivity index (χ2v) is 22.8. The van der Waals surface area contributed by atoms with Gasteiger partial charge in [-0.1, -0.05) is 209 Å². The van der Waals surface area contributed by atoms with Crippen molar-refractivity contribution in [3.63, 3.8) is 0 Å². The maximum Gasteiger partial charge on any atom is 0.261 e. The Morgan fingerprint density at radius 1 is 0.603 bits per heavy atom. The molecule has 8 nitrogen and oxygen atoms in total. The van der Waals surface area contributed by atoms with Crippen LogP contribution in [-0.4, -0.2) is 71.4 Å². The number of fused-ring (bicyclic) bond motifs is 1. The minimum absolute atomic E-state index is 0.207. The molecule has 6 aromatic carbocycles. The van der Waals surface area contributed by atoms with Crippen LogP contribution in [0, 0.1) is 0 Å². The molecule has 354 valence electrons. The first-order valence-electron chi connectivity index (χ1n) is 23.9. The van der Waals surface area contributed by atoms with Gasteiger partial charge < -0.3 is 37.6 Å². The number of hydrogen-bond donors (Lipinski definition) is 0. The maximum absolute atomic E-state index is 7.46. The third-order valence-electron chi connectivity index (χ3n) is 12.7. The Kier molecular flexibility index (Phi) is 17.4. The Bertz CT molecular complexity index is 2390. The summed E-state index contributed by atoms with van der Waals surface area (Å²) in [5.74, 6) is 0.798. The lowest BCUT2D eigenvalue weighted by molar-refractivity contribution is -0.270. The highest BCUT2D eigenvalue weighted by atomic mass is 28.4. The second kappa shape index (κ2) is 24.2. The van der Waals surface area contributed by atoms with Gasteiger partial charge in [-0.05, 0) is 56.2 Å². The van der Waals surface area contributed by atoms with Crippen molar-refractivity contribution in [1.29, 1.82) is 0 Å². The standard InChI is InChI=1S/C59H66O8Si/c1-59(2,3)68(52-28-16-8-17-29-52,53-30-18-9-19-31-53)65-43-51(62-40-48-33-35-49(60-4)36-34-48)38-37-50-27-20-32-54-57(66-50)58(64-42-47-25-14-7-15-26-47)56(63-41-46-23-12-6-13-24-46)55(67-54)44-61-39-45-21-10-5-11-22-45/h5-31,33-38,50-51,54-58H,32,39-44H2,1-4H3/b38-37+/t50-,51+,54+,55-,56-,57+,58+/m1/s1. The van der Waals surface area contributed by atoms with E-state index in [9.17, 15) is 0 Å². The van der Waals surface area contributed by atoms with E-state index >= 15 is 0 Å². The van der Waals surface area contributed by atoms with E-state index in [1.807, 2.05) is 78.9 Å². The SMILES string of the molecule is COc1ccc(CO[C@@H](/C=C/[C@H]2C=CC[C@@H]3O[C@H](COCc4ccccc4)[C@@H](OCc4ccccc4)[C@H](OCc4ccccc4)[C@H]3O2)CO[Si](c2ccccc2)(c2ccccc2)C(C)(C)C)cc1. The molecule has 1 saturated heterocycles. The fourth-order valence-corrected chi connectivity index (χ4v) is 13.8. The predicted molar refractivity (Wildman–Crippen MR) is 271 cm³/mol.